The summed E-state index contributed by atoms with van der Waals surface area (Å²) in [6.45, 7) is 1.66. The molecule has 1 fully saturated rings. The lowest BCUT2D eigenvalue weighted by atomic mass is 9.97. The molecular formula is C15H18N4O. The van der Waals surface area contributed by atoms with E-state index in [-0.39, 0.29) is 5.91 Å². The average molecular weight is 270 g/mol. The van der Waals surface area contributed by atoms with Crippen LogP contribution in [0.25, 0.3) is 0 Å². The van der Waals surface area contributed by atoms with E-state index in [0.717, 1.165) is 31.5 Å². The molecule has 1 amide bonds. The number of likely N-dealkylation sites (tertiary alicyclic amines) is 1. The zero-order valence-electron chi connectivity index (χ0n) is 11.2. The number of nitrogen functional groups attached to an aromatic ring is 1. The Balaban J connectivity index is 1.97. The van der Waals surface area contributed by atoms with Crippen LogP contribution in [0.15, 0.2) is 36.5 Å². The number of hydrogen-bond acceptors (Lipinski definition) is 3. The van der Waals surface area contributed by atoms with E-state index in [9.17, 15) is 4.79 Å². The van der Waals surface area contributed by atoms with Gasteiger partial charge in [0.1, 0.15) is 17.6 Å². The maximum Gasteiger partial charge on any atom is 0.237 e. The van der Waals surface area contributed by atoms with E-state index >= 15 is 0 Å². The van der Waals surface area contributed by atoms with Crippen LogP contribution in [0.2, 0.25) is 0 Å². The Morgan fingerprint density at radius 1 is 1.25 bits per heavy atom. The van der Waals surface area contributed by atoms with Crippen molar-refractivity contribution in [2.45, 2.75) is 18.8 Å². The van der Waals surface area contributed by atoms with Crippen LogP contribution in [0.1, 0.15) is 30.1 Å². The van der Waals surface area contributed by atoms with Gasteiger partial charge in [-0.3, -0.25) is 4.79 Å². The Hall–Kier alpha value is -2.30. The summed E-state index contributed by atoms with van der Waals surface area (Å²) in [5, 5.41) is 0. The second-order valence-corrected chi connectivity index (χ2v) is 5.10. The van der Waals surface area contributed by atoms with Crippen LogP contribution >= 0.6 is 0 Å². The molecule has 5 heteroatoms. The second kappa shape index (κ2) is 5.36. The number of amides is 1. The number of anilines is 1. The summed E-state index contributed by atoms with van der Waals surface area (Å²) in [6, 6.07) is 9.73. The molecule has 0 spiro atoms. The number of nitrogens with one attached hydrogen (secondary N) is 1. The minimum Gasteiger partial charge on any atom is -0.384 e. The molecule has 2 aromatic rings. The molecule has 20 heavy (non-hydrogen) atoms. The highest BCUT2D eigenvalue weighted by Gasteiger charge is 2.30. The summed E-state index contributed by atoms with van der Waals surface area (Å²) in [5.41, 5.74) is 6.65. The molecule has 1 atom stereocenters. The molecule has 1 saturated heterocycles. The third-order valence-electron chi connectivity index (χ3n) is 3.69. The highest BCUT2D eigenvalue weighted by molar-refractivity contribution is 5.86. The summed E-state index contributed by atoms with van der Waals surface area (Å²) in [4.78, 5) is 21.9. The van der Waals surface area contributed by atoms with Crippen molar-refractivity contribution in [1.29, 1.82) is 0 Å². The molecule has 1 aliphatic rings. The van der Waals surface area contributed by atoms with Gasteiger partial charge in [-0.15, -0.1) is 0 Å². The van der Waals surface area contributed by atoms with E-state index in [1.54, 1.807) is 6.20 Å². The summed E-state index contributed by atoms with van der Waals surface area (Å²) in [6.07, 6.45) is 3.71. The zero-order chi connectivity index (χ0) is 13.9. The molecule has 0 aliphatic carbocycles. The topological polar surface area (TPSA) is 75.0 Å². The van der Waals surface area contributed by atoms with Gasteiger partial charge in [-0.25, -0.2) is 4.98 Å². The average Bonchev–Trinajstić information content (AvgIpc) is 3.12. The lowest BCUT2D eigenvalue weighted by molar-refractivity contribution is -0.130. The zero-order valence-corrected chi connectivity index (χ0v) is 11.2. The van der Waals surface area contributed by atoms with Crippen molar-refractivity contribution in [1.82, 2.24) is 14.9 Å². The number of nitrogens with zero attached hydrogens (tertiary/aromatic N) is 2. The van der Waals surface area contributed by atoms with E-state index in [1.165, 1.54) is 0 Å². The van der Waals surface area contributed by atoms with Gasteiger partial charge >= 0.3 is 0 Å². The van der Waals surface area contributed by atoms with Crippen molar-refractivity contribution in [3.8, 4) is 0 Å². The predicted octanol–water partition coefficient (Wildman–Crippen LogP) is 1.75. The number of aromatic nitrogens is 2. The van der Waals surface area contributed by atoms with Crippen molar-refractivity contribution < 1.29 is 4.79 Å². The molecule has 3 rings (SSSR count). The van der Waals surface area contributed by atoms with Gasteiger partial charge in [-0.05, 0) is 18.4 Å². The molecule has 1 unspecified atom stereocenters. The molecule has 1 aromatic carbocycles. The SMILES string of the molecule is Nc1cnc(C(C(=O)N2CCCC2)c2ccccc2)[nH]1. The fourth-order valence-electron chi connectivity index (χ4n) is 2.68. The first-order chi connectivity index (χ1) is 9.75. The van der Waals surface area contributed by atoms with Gasteiger partial charge in [0.25, 0.3) is 0 Å². The molecule has 1 aliphatic heterocycles. The lowest BCUT2D eigenvalue weighted by Crippen LogP contribution is -2.33. The van der Waals surface area contributed by atoms with Crippen molar-refractivity contribution in [3.05, 3.63) is 47.9 Å². The fraction of sp³-hybridized carbons (Fsp3) is 0.333. The molecule has 0 saturated carbocycles. The normalized spacial score (nSPS) is 16.3. The van der Waals surface area contributed by atoms with E-state index in [0.29, 0.717) is 11.6 Å². The van der Waals surface area contributed by atoms with Gasteiger partial charge in [-0.1, -0.05) is 30.3 Å². The van der Waals surface area contributed by atoms with Gasteiger partial charge in [0, 0.05) is 13.1 Å². The highest BCUT2D eigenvalue weighted by atomic mass is 16.2. The first-order valence-electron chi connectivity index (χ1n) is 6.90. The maximum atomic E-state index is 12.8. The van der Waals surface area contributed by atoms with Crippen molar-refractivity contribution in [2.75, 3.05) is 18.8 Å². The first-order valence-corrected chi connectivity index (χ1v) is 6.90. The smallest absolute Gasteiger partial charge is 0.237 e. The Labute approximate surface area is 117 Å². The van der Waals surface area contributed by atoms with Gasteiger partial charge in [0.05, 0.1) is 6.20 Å². The number of benzene rings is 1. The lowest BCUT2D eigenvalue weighted by Gasteiger charge is -2.22. The molecule has 0 radical (unpaired) electrons. The van der Waals surface area contributed by atoms with Crippen LogP contribution in [-0.2, 0) is 4.79 Å². The predicted molar refractivity (Wildman–Crippen MR) is 77.1 cm³/mol. The fourth-order valence-corrected chi connectivity index (χ4v) is 2.68. The van der Waals surface area contributed by atoms with Crippen molar-refractivity contribution >= 4 is 11.7 Å². The molecule has 0 bridgehead atoms. The van der Waals surface area contributed by atoms with Crippen LogP contribution < -0.4 is 5.73 Å². The number of carbonyl (C=O) groups is 1. The third-order valence-corrected chi connectivity index (χ3v) is 3.69. The summed E-state index contributed by atoms with van der Waals surface area (Å²) in [7, 11) is 0. The summed E-state index contributed by atoms with van der Waals surface area (Å²) < 4.78 is 0. The number of H-pyrrole nitrogens is 1. The number of hydrogen-bond donors (Lipinski definition) is 2. The largest absolute Gasteiger partial charge is 0.384 e. The standard InChI is InChI=1S/C15H18N4O/c16-12-10-17-14(18-12)13(11-6-2-1-3-7-11)15(20)19-8-4-5-9-19/h1-3,6-7,10,13H,4-5,8-9,16H2,(H,17,18). The quantitative estimate of drug-likeness (QED) is 0.892. The third kappa shape index (κ3) is 2.39. The molecule has 5 nitrogen and oxygen atoms in total. The summed E-state index contributed by atoms with van der Waals surface area (Å²) >= 11 is 0. The van der Waals surface area contributed by atoms with Crippen molar-refractivity contribution in [2.24, 2.45) is 0 Å². The van der Waals surface area contributed by atoms with Gasteiger partial charge in [0.15, 0.2) is 0 Å². The summed E-state index contributed by atoms with van der Waals surface area (Å²) in [5.74, 6) is 0.801. The number of rotatable bonds is 3. The van der Waals surface area contributed by atoms with Crippen LogP contribution in [0, 0.1) is 0 Å². The Kier molecular flexibility index (Phi) is 3.41. The van der Waals surface area contributed by atoms with E-state index in [4.69, 9.17) is 5.73 Å². The van der Waals surface area contributed by atoms with Crippen LogP contribution in [0.5, 0.6) is 0 Å². The van der Waals surface area contributed by atoms with Gasteiger partial charge in [0.2, 0.25) is 5.91 Å². The Bertz CT molecular complexity index is 587. The number of nitrogens with two attached hydrogens (primary N) is 1. The Morgan fingerprint density at radius 2 is 1.95 bits per heavy atom. The number of aromatic amines is 1. The van der Waals surface area contributed by atoms with Crippen molar-refractivity contribution in [3.63, 3.8) is 0 Å². The van der Waals surface area contributed by atoms with E-state index in [1.807, 2.05) is 35.2 Å². The molecule has 1 aromatic heterocycles. The minimum absolute atomic E-state index is 0.100. The number of carbonyl (C=O) groups excluding carboxylic acids is 1. The molecule has 3 N–H and O–H groups in total. The van der Waals surface area contributed by atoms with Crippen LogP contribution in [0.3, 0.4) is 0 Å². The first kappa shape index (κ1) is 12.7. The van der Waals surface area contributed by atoms with E-state index < -0.39 is 5.92 Å². The maximum absolute atomic E-state index is 12.8. The highest BCUT2D eigenvalue weighted by Crippen LogP contribution is 2.26. The molecule has 104 valence electrons. The van der Waals surface area contributed by atoms with Gasteiger partial charge < -0.3 is 15.6 Å². The van der Waals surface area contributed by atoms with Crippen LogP contribution in [0.4, 0.5) is 5.82 Å². The van der Waals surface area contributed by atoms with E-state index in [2.05, 4.69) is 9.97 Å². The number of imidazole rings is 1. The molecule has 2 heterocycles. The minimum atomic E-state index is -0.397. The Morgan fingerprint density at radius 3 is 2.55 bits per heavy atom. The van der Waals surface area contributed by atoms with Gasteiger partial charge in [-0.2, -0.15) is 0 Å². The monoisotopic (exact) mass is 270 g/mol. The van der Waals surface area contributed by atoms with Crippen LogP contribution in [-0.4, -0.2) is 33.9 Å². The molecular weight excluding hydrogens is 252 g/mol. The second-order valence-electron chi connectivity index (χ2n) is 5.10.